The molecule has 10 nitrogen and oxygen atoms in total. The predicted molar refractivity (Wildman–Crippen MR) is 174 cm³/mol. The largest absolute Gasteiger partial charge is 0.457 e. The molecule has 0 aromatic heterocycles. The predicted octanol–water partition coefficient (Wildman–Crippen LogP) is 4.50. The molecule has 45 heavy (non-hydrogen) atoms. The molecule has 5 rings (SSSR count). The summed E-state index contributed by atoms with van der Waals surface area (Å²) in [4.78, 5) is 31.5. The number of piperazine rings is 1. The van der Waals surface area contributed by atoms with Crippen LogP contribution in [0.4, 0.5) is 5.69 Å². The van der Waals surface area contributed by atoms with Crippen molar-refractivity contribution in [2.24, 2.45) is 11.8 Å². The number of nitrogens with one attached hydrogen (secondary N) is 2. The van der Waals surface area contributed by atoms with Gasteiger partial charge in [-0.3, -0.25) is 19.2 Å². The molecule has 2 aliphatic heterocycles. The summed E-state index contributed by atoms with van der Waals surface area (Å²) in [5.74, 6) is 1.23. The second-order valence-electron chi connectivity index (χ2n) is 13.0. The van der Waals surface area contributed by atoms with Crippen LogP contribution in [0, 0.1) is 11.8 Å². The minimum atomic E-state index is -3.33. The zero-order valence-electron chi connectivity index (χ0n) is 26.5. The summed E-state index contributed by atoms with van der Waals surface area (Å²) in [7, 11) is -3.33. The van der Waals surface area contributed by atoms with Gasteiger partial charge in [-0.2, -0.15) is 0 Å². The van der Waals surface area contributed by atoms with Gasteiger partial charge in [-0.1, -0.05) is 44.7 Å². The summed E-state index contributed by atoms with van der Waals surface area (Å²) in [6.07, 6.45) is 8.85. The topological polar surface area (TPSA) is 128 Å². The van der Waals surface area contributed by atoms with Crippen LogP contribution in [0.5, 0.6) is 11.5 Å². The van der Waals surface area contributed by atoms with E-state index in [1.807, 2.05) is 24.3 Å². The number of aliphatic hydroxyl groups excluding tert-OH is 1. The van der Waals surface area contributed by atoms with Gasteiger partial charge >= 0.3 is 0 Å². The van der Waals surface area contributed by atoms with E-state index in [2.05, 4.69) is 21.9 Å². The van der Waals surface area contributed by atoms with Crippen molar-refractivity contribution >= 4 is 27.5 Å². The summed E-state index contributed by atoms with van der Waals surface area (Å²) in [6.45, 7) is 5.10. The van der Waals surface area contributed by atoms with E-state index < -0.39 is 28.2 Å². The van der Waals surface area contributed by atoms with Crippen LogP contribution in [0.25, 0.3) is 0 Å². The Hall–Kier alpha value is -3.15. The summed E-state index contributed by atoms with van der Waals surface area (Å²) in [6, 6.07) is 13.4. The Bertz CT molecular complexity index is 1390. The van der Waals surface area contributed by atoms with Gasteiger partial charge in [0, 0.05) is 18.8 Å². The third kappa shape index (κ3) is 8.77. The standard InChI is InChI=1S/C34H48N4O6S/c1-3-4-20-38-31(33(40)35-30(34(38)41)32(39)26-8-6-5-7-9-26)25-18-21-37(22-19-25)23-24-10-14-28(15-11-24)44-29-16-12-27(13-17-29)36-45(2,42)43/h10-17,25-26,30-32,36,39H,3-9,18-23H2,1-2H3,(H,35,40)/t30-,31?,32-/m1/s1. The quantitative estimate of drug-likeness (QED) is 0.312. The van der Waals surface area contributed by atoms with Gasteiger partial charge in [-0.05, 0) is 99.0 Å². The fourth-order valence-corrected chi connectivity index (χ4v) is 7.64. The number of sulfonamides is 1. The Morgan fingerprint density at radius 2 is 1.58 bits per heavy atom. The number of anilines is 1. The Morgan fingerprint density at radius 3 is 2.18 bits per heavy atom. The molecule has 1 saturated carbocycles. The molecule has 2 aromatic rings. The molecule has 1 unspecified atom stereocenters. The second-order valence-corrected chi connectivity index (χ2v) is 14.7. The van der Waals surface area contributed by atoms with Crippen molar-refractivity contribution in [3.8, 4) is 11.5 Å². The van der Waals surface area contributed by atoms with Crippen LogP contribution in [0.3, 0.4) is 0 Å². The molecule has 1 aliphatic carbocycles. The Morgan fingerprint density at radius 1 is 0.956 bits per heavy atom. The van der Waals surface area contributed by atoms with Crippen molar-refractivity contribution in [1.29, 1.82) is 0 Å². The number of carbonyl (C=O) groups excluding carboxylic acids is 2. The molecule has 0 spiro atoms. The van der Waals surface area contributed by atoms with Crippen molar-refractivity contribution in [1.82, 2.24) is 15.1 Å². The van der Waals surface area contributed by atoms with Gasteiger partial charge in [-0.15, -0.1) is 0 Å². The fourth-order valence-electron chi connectivity index (χ4n) is 7.07. The molecule has 2 heterocycles. The maximum absolute atomic E-state index is 13.7. The number of rotatable bonds is 12. The van der Waals surface area contributed by atoms with E-state index in [1.165, 1.54) is 6.42 Å². The molecule has 3 atom stereocenters. The highest BCUT2D eigenvalue weighted by atomic mass is 32.2. The molecular weight excluding hydrogens is 592 g/mol. The number of benzene rings is 2. The van der Waals surface area contributed by atoms with Crippen LogP contribution >= 0.6 is 0 Å². The van der Waals surface area contributed by atoms with Crippen LogP contribution < -0.4 is 14.8 Å². The molecule has 3 N–H and O–H groups in total. The Kier molecular flexibility index (Phi) is 11.0. The highest BCUT2D eigenvalue weighted by Gasteiger charge is 2.48. The van der Waals surface area contributed by atoms with E-state index >= 15 is 0 Å². The van der Waals surface area contributed by atoms with Gasteiger partial charge in [0.2, 0.25) is 21.8 Å². The zero-order valence-corrected chi connectivity index (χ0v) is 27.3. The van der Waals surface area contributed by atoms with Crippen molar-refractivity contribution in [3.05, 3.63) is 54.1 Å². The number of hydrogen-bond acceptors (Lipinski definition) is 7. The Balaban J connectivity index is 1.14. The third-order valence-corrected chi connectivity index (χ3v) is 10.1. The number of hydrogen-bond donors (Lipinski definition) is 3. The summed E-state index contributed by atoms with van der Waals surface area (Å²) >= 11 is 0. The van der Waals surface area contributed by atoms with Crippen molar-refractivity contribution in [2.75, 3.05) is 30.6 Å². The molecular formula is C34H48N4O6S. The number of likely N-dealkylation sites (tertiary alicyclic amines) is 1. The number of piperidine rings is 1. The Labute approximate surface area is 267 Å². The minimum Gasteiger partial charge on any atom is -0.457 e. The number of carbonyl (C=O) groups is 2. The molecule has 0 radical (unpaired) electrons. The van der Waals surface area contributed by atoms with Crippen LogP contribution in [-0.4, -0.2) is 79.2 Å². The first-order valence-electron chi connectivity index (χ1n) is 16.5. The number of amides is 2. The first kappa shape index (κ1) is 33.2. The monoisotopic (exact) mass is 640 g/mol. The highest BCUT2D eigenvalue weighted by Crippen LogP contribution is 2.33. The average molecular weight is 641 g/mol. The normalized spacial score (nSPS) is 23.0. The smallest absolute Gasteiger partial charge is 0.248 e. The molecule has 0 bridgehead atoms. The molecule has 246 valence electrons. The molecule has 3 aliphatic rings. The van der Waals surface area contributed by atoms with Gasteiger partial charge in [0.15, 0.2) is 0 Å². The van der Waals surface area contributed by atoms with E-state index in [0.29, 0.717) is 23.7 Å². The molecule has 2 saturated heterocycles. The van der Waals surface area contributed by atoms with Crippen LogP contribution in [0.2, 0.25) is 0 Å². The lowest BCUT2D eigenvalue weighted by atomic mass is 9.80. The van der Waals surface area contributed by atoms with E-state index in [-0.39, 0.29) is 23.7 Å². The van der Waals surface area contributed by atoms with Crippen molar-refractivity contribution in [3.63, 3.8) is 0 Å². The SMILES string of the molecule is CCCCN1C(=O)[C@@H]([C@H](O)C2CCCCC2)NC(=O)C1C1CCN(Cc2ccc(Oc3ccc(NS(C)(=O)=O)cc3)cc2)CC1. The first-order chi connectivity index (χ1) is 21.6. The van der Waals surface area contributed by atoms with E-state index in [0.717, 1.165) is 82.8 Å². The highest BCUT2D eigenvalue weighted by molar-refractivity contribution is 7.92. The first-order valence-corrected chi connectivity index (χ1v) is 18.4. The lowest BCUT2D eigenvalue weighted by Gasteiger charge is -2.46. The zero-order chi connectivity index (χ0) is 32.0. The van der Waals surface area contributed by atoms with Crippen molar-refractivity contribution < 1.29 is 27.9 Å². The summed E-state index contributed by atoms with van der Waals surface area (Å²) < 4.78 is 31.2. The van der Waals surface area contributed by atoms with Gasteiger partial charge in [-0.25, -0.2) is 8.42 Å². The van der Waals surface area contributed by atoms with Crippen LogP contribution in [-0.2, 0) is 26.2 Å². The lowest BCUT2D eigenvalue weighted by Crippen LogP contribution is -2.69. The maximum atomic E-state index is 13.7. The lowest BCUT2D eigenvalue weighted by molar-refractivity contribution is -0.157. The number of unbranched alkanes of at least 4 members (excludes halogenated alkanes) is 1. The van der Waals surface area contributed by atoms with Gasteiger partial charge in [0.05, 0.1) is 12.4 Å². The van der Waals surface area contributed by atoms with Crippen LogP contribution in [0.15, 0.2) is 48.5 Å². The number of ether oxygens (including phenoxy) is 1. The van der Waals surface area contributed by atoms with Gasteiger partial charge < -0.3 is 20.1 Å². The van der Waals surface area contributed by atoms with Gasteiger partial charge in [0.25, 0.3) is 0 Å². The van der Waals surface area contributed by atoms with E-state index in [1.54, 1.807) is 29.2 Å². The average Bonchev–Trinajstić information content (AvgIpc) is 3.03. The number of nitrogens with zero attached hydrogens (tertiary/aromatic N) is 2. The molecule has 11 heteroatoms. The third-order valence-electron chi connectivity index (χ3n) is 9.48. The maximum Gasteiger partial charge on any atom is 0.248 e. The molecule has 2 amide bonds. The summed E-state index contributed by atoms with van der Waals surface area (Å²) in [5, 5.41) is 14.1. The fraction of sp³-hybridized carbons (Fsp3) is 0.588. The summed E-state index contributed by atoms with van der Waals surface area (Å²) in [5.41, 5.74) is 1.63. The van der Waals surface area contributed by atoms with Gasteiger partial charge in [0.1, 0.15) is 23.6 Å². The molecule has 3 fully saturated rings. The van der Waals surface area contributed by atoms with Crippen molar-refractivity contribution in [2.45, 2.75) is 89.4 Å². The minimum absolute atomic E-state index is 0.0688. The number of aliphatic hydroxyl groups is 1. The van der Waals surface area contributed by atoms with Crippen LogP contribution in [0.1, 0.15) is 70.3 Å². The second kappa shape index (κ2) is 15.0. The van der Waals surface area contributed by atoms with E-state index in [9.17, 15) is 23.1 Å². The van der Waals surface area contributed by atoms with E-state index in [4.69, 9.17) is 4.74 Å². The molecule has 2 aromatic carbocycles.